The number of amides is 2. The predicted molar refractivity (Wildman–Crippen MR) is 110 cm³/mol. The van der Waals surface area contributed by atoms with E-state index in [4.69, 9.17) is 10.5 Å². The van der Waals surface area contributed by atoms with Gasteiger partial charge < -0.3 is 20.9 Å². The lowest BCUT2D eigenvalue weighted by Crippen LogP contribution is -2.59. The summed E-state index contributed by atoms with van der Waals surface area (Å²) in [6.07, 6.45) is 6.31. The monoisotopic (exact) mass is 414 g/mol. The van der Waals surface area contributed by atoms with Crippen molar-refractivity contribution in [1.82, 2.24) is 15.2 Å². The number of aliphatic hydroxyl groups is 1. The maximum Gasteiger partial charge on any atom is 0.254 e. The number of primary amides is 1. The number of rotatable bonds is 7. The van der Waals surface area contributed by atoms with E-state index < -0.39 is 11.5 Å². The fraction of sp³-hybridized carbons (Fsp3) is 0.591. The molecule has 0 aromatic carbocycles. The Morgan fingerprint density at radius 1 is 1.43 bits per heavy atom. The zero-order valence-electron chi connectivity index (χ0n) is 17.6. The van der Waals surface area contributed by atoms with Gasteiger partial charge in [-0.2, -0.15) is 0 Å². The molecule has 162 valence electrons. The lowest BCUT2D eigenvalue weighted by Gasteiger charge is -2.58. The van der Waals surface area contributed by atoms with Crippen LogP contribution in [-0.4, -0.2) is 50.6 Å². The maximum atomic E-state index is 12.8. The average Bonchev–Trinajstić information content (AvgIpc) is 2.87. The van der Waals surface area contributed by atoms with Crippen molar-refractivity contribution < 1.29 is 19.4 Å². The molecule has 1 aromatic heterocycles. The normalized spacial score (nSPS) is 30.6. The van der Waals surface area contributed by atoms with Crippen LogP contribution in [0.4, 0.5) is 0 Å². The van der Waals surface area contributed by atoms with Gasteiger partial charge in [0.1, 0.15) is 23.5 Å². The van der Waals surface area contributed by atoms with E-state index in [9.17, 15) is 14.7 Å². The molecular formula is C22H30N4O4. The van der Waals surface area contributed by atoms with Gasteiger partial charge in [0.25, 0.3) is 11.8 Å². The first-order chi connectivity index (χ1) is 14.1. The van der Waals surface area contributed by atoms with Crippen molar-refractivity contribution in [3.63, 3.8) is 0 Å². The zero-order chi connectivity index (χ0) is 21.7. The van der Waals surface area contributed by atoms with Crippen molar-refractivity contribution in [3.05, 3.63) is 36.3 Å². The lowest BCUT2D eigenvalue weighted by molar-refractivity contribution is -0.142. The number of ether oxygens (including phenoxy) is 1. The van der Waals surface area contributed by atoms with E-state index in [1.54, 1.807) is 37.1 Å². The number of carbonyl (C=O) groups is 2. The molecule has 1 atom stereocenters. The second-order valence-electron chi connectivity index (χ2n) is 9.63. The van der Waals surface area contributed by atoms with E-state index in [0.717, 1.165) is 25.7 Å². The molecule has 1 aliphatic heterocycles. The van der Waals surface area contributed by atoms with Gasteiger partial charge in [0.05, 0.1) is 5.60 Å². The van der Waals surface area contributed by atoms with Crippen LogP contribution in [0.2, 0.25) is 0 Å². The lowest BCUT2D eigenvalue weighted by atomic mass is 9.52. The van der Waals surface area contributed by atoms with Gasteiger partial charge in [-0.25, -0.2) is 4.98 Å². The molecule has 2 amide bonds. The van der Waals surface area contributed by atoms with Crippen molar-refractivity contribution >= 4 is 11.8 Å². The van der Waals surface area contributed by atoms with Crippen LogP contribution < -0.4 is 15.8 Å². The largest absolute Gasteiger partial charge is 0.474 e. The molecule has 3 fully saturated rings. The van der Waals surface area contributed by atoms with Crippen LogP contribution in [0.25, 0.3) is 0 Å². The fourth-order valence-corrected chi connectivity index (χ4v) is 5.00. The number of carbonyl (C=O) groups excluding carboxylic acids is 2. The molecule has 2 heterocycles. The van der Waals surface area contributed by atoms with Crippen molar-refractivity contribution in [3.8, 4) is 5.88 Å². The number of hydrogen-bond acceptors (Lipinski definition) is 6. The molecule has 8 nitrogen and oxygen atoms in total. The van der Waals surface area contributed by atoms with Gasteiger partial charge in [-0.05, 0) is 69.9 Å². The number of hydrogen-bond donors (Lipinski definition) is 3. The quantitative estimate of drug-likeness (QED) is 0.625. The highest BCUT2D eigenvalue weighted by molar-refractivity contribution is 5.94. The summed E-state index contributed by atoms with van der Waals surface area (Å²) < 4.78 is 5.91. The fourth-order valence-electron chi connectivity index (χ4n) is 5.00. The van der Waals surface area contributed by atoms with Gasteiger partial charge in [-0.1, -0.05) is 6.58 Å². The van der Waals surface area contributed by atoms with E-state index in [0.29, 0.717) is 30.1 Å². The van der Waals surface area contributed by atoms with Gasteiger partial charge in [0, 0.05) is 12.2 Å². The highest BCUT2D eigenvalue weighted by Gasteiger charge is 2.57. The van der Waals surface area contributed by atoms with Crippen LogP contribution in [-0.2, 0) is 4.79 Å². The summed E-state index contributed by atoms with van der Waals surface area (Å²) >= 11 is 0. The van der Waals surface area contributed by atoms with Crippen LogP contribution in [0.15, 0.2) is 30.7 Å². The molecule has 1 unspecified atom stereocenters. The first kappa shape index (κ1) is 20.7. The van der Waals surface area contributed by atoms with E-state index in [2.05, 4.69) is 16.9 Å². The first-order valence-corrected chi connectivity index (χ1v) is 10.5. The standard InChI is InChI=1S/C22H30N4O4/c1-13-25-17(6-7-21(2,3)29)20(28)26(13)14-9-22(10-14)11-15(12-22)30-19-16(18(23)27)5-4-8-24-19/h4-5,8,14-15,17,25,29H,1,6-7,9-12H2,2-3H3,(H2,23,27). The molecule has 2 saturated carbocycles. The highest BCUT2D eigenvalue weighted by Crippen LogP contribution is 2.58. The molecule has 2 aliphatic carbocycles. The first-order valence-electron chi connectivity index (χ1n) is 10.5. The van der Waals surface area contributed by atoms with Crippen molar-refractivity contribution in [1.29, 1.82) is 0 Å². The van der Waals surface area contributed by atoms with Crippen molar-refractivity contribution in [2.75, 3.05) is 0 Å². The van der Waals surface area contributed by atoms with Gasteiger partial charge in [0.2, 0.25) is 5.88 Å². The smallest absolute Gasteiger partial charge is 0.254 e. The molecule has 0 radical (unpaired) electrons. The summed E-state index contributed by atoms with van der Waals surface area (Å²) in [4.78, 5) is 30.3. The number of nitrogens with one attached hydrogen (secondary N) is 1. The molecule has 4 rings (SSSR count). The Kier molecular flexibility index (Phi) is 5.00. The van der Waals surface area contributed by atoms with Crippen LogP contribution in [0.1, 0.15) is 62.7 Å². The average molecular weight is 415 g/mol. The summed E-state index contributed by atoms with van der Waals surface area (Å²) in [6.45, 7) is 7.53. The summed E-state index contributed by atoms with van der Waals surface area (Å²) in [5, 5.41) is 13.1. The topological polar surface area (TPSA) is 118 Å². The minimum absolute atomic E-state index is 0.00842. The zero-order valence-corrected chi connectivity index (χ0v) is 17.6. The van der Waals surface area contributed by atoms with E-state index in [1.165, 1.54) is 0 Å². The third-order valence-corrected chi connectivity index (χ3v) is 6.55. The van der Waals surface area contributed by atoms with Crippen LogP contribution in [0.3, 0.4) is 0 Å². The SMILES string of the molecule is C=C1NC(CCC(C)(C)O)C(=O)N1C1CC2(CC(Oc3ncccc3C(N)=O)C2)C1. The number of nitrogens with two attached hydrogens (primary N) is 1. The van der Waals surface area contributed by atoms with E-state index in [1.807, 2.05) is 0 Å². The predicted octanol–water partition coefficient (Wildman–Crippen LogP) is 1.69. The van der Waals surface area contributed by atoms with E-state index >= 15 is 0 Å². The minimum Gasteiger partial charge on any atom is -0.474 e. The molecular weight excluding hydrogens is 384 g/mol. The number of nitrogens with zero attached hydrogens (tertiary/aromatic N) is 2. The minimum atomic E-state index is -0.791. The molecule has 1 aromatic rings. The molecule has 1 saturated heterocycles. The Labute approximate surface area is 176 Å². The van der Waals surface area contributed by atoms with Crippen molar-refractivity contribution in [2.24, 2.45) is 11.1 Å². The molecule has 30 heavy (non-hydrogen) atoms. The second kappa shape index (κ2) is 7.27. The molecule has 1 spiro atoms. The van der Waals surface area contributed by atoms with Crippen LogP contribution in [0, 0.1) is 5.41 Å². The molecule has 3 aliphatic rings. The number of aromatic nitrogens is 1. The van der Waals surface area contributed by atoms with Crippen LogP contribution in [0.5, 0.6) is 5.88 Å². The Balaban J connectivity index is 1.28. The van der Waals surface area contributed by atoms with Crippen molar-refractivity contribution in [2.45, 2.75) is 76.2 Å². The van der Waals surface area contributed by atoms with Gasteiger partial charge in [-0.15, -0.1) is 0 Å². The third-order valence-electron chi connectivity index (χ3n) is 6.55. The molecule has 0 bridgehead atoms. The number of pyridine rings is 1. The molecule has 8 heteroatoms. The second-order valence-corrected chi connectivity index (χ2v) is 9.63. The Bertz CT molecular complexity index is 864. The summed E-state index contributed by atoms with van der Waals surface area (Å²) in [5.74, 6) is 0.458. The Hall–Kier alpha value is -2.61. The highest BCUT2D eigenvalue weighted by atomic mass is 16.5. The van der Waals surface area contributed by atoms with Gasteiger partial charge >= 0.3 is 0 Å². The van der Waals surface area contributed by atoms with E-state index in [-0.39, 0.29) is 29.5 Å². The molecule has 4 N–H and O–H groups in total. The van der Waals surface area contributed by atoms with Crippen LogP contribution >= 0.6 is 0 Å². The van der Waals surface area contributed by atoms with Gasteiger partial charge in [0.15, 0.2) is 0 Å². The van der Waals surface area contributed by atoms with Gasteiger partial charge in [-0.3, -0.25) is 14.5 Å². The Morgan fingerprint density at radius 2 is 2.13 bits per heavy atom. The summed E-state index contributed by atoms with van der Waals surface area (Å²) in [5.41, 5.74) is 5.08. The maximum absolute atomic E-state index is 12.8. The third kappa shape index (κ3) is 3.88. The Morgan fingerprint density at radius 3 is 2.77 bits per heavy atom. The summed E-state index contributed by atoms with van der Waals surface area (Å²) in [7, 11) is 0. The summed E-state index contributed by atoms with van der Waals surface area (Å²) in [6, 6.07) is 3.12.